The Morgan fingerprint density at radius 2 is 2.25 bits per heavy atom. The summed E-state index contributed by atoms with van der Waals surface area (Å²) in [6.45, 7) is 2.12. The number of carbonyl (C=O) groups excluding carboxylic acids is 1. The molecule has 2 N–H and O–H groups in total. The van der Waals surface area contributed by atoms with Gasteiger partial charge in [0.25, 0.3) is 5.91 Å². The van der Waals surface area contributed by atoms with Gasteiger partial charge in [0.2, 0.25) is 5.76 Å². The molecule has 0 aliphatic carbocycles. The minimum Gasteiger partial charge on any atom is -0.481 e. The molecule has 0 spiro atoms. The zero-order valence-corrected chi connectivity index (χ0v) is 9.02. The van der Waals surface area contributed by atoms with Crippen molar-refractivity contribution in [2.45, 2.75) is 26.2 Å². The van der Waals surface area contributed by atoms with Gasteiger partial charge in [-0.2, -0.15) is 0 Å². The van der Waals surface area contributed by atoms with E-state index >= 15 is 0 Å². The van der Waals surface area contributed by atoms with E-state index in [0.717, 1.165) is 0 Å². The van der Waals surface area contributed by atoms with Gasteiger partial charge in [-0.15, -0.1) is 0 Å². The van der Waals surface area contributed by atoms with Crippen LogP contribution in [0.15, 0.2) is 10.8 Å². The molecule has 1 aromatic heterocycles. The fourth-order valence-electron chi connectivity index (χ4n) is 1.20. The van der Waals surface area contributed by atoms with Crippen LogP contribution in [0, 0.1) is 6.92 Å². The molecule has 1 aromatic rings. The predicted octanol–water partition coefficient (Wildman–Crippen LogP) is 0.968. The van der Waals surface area contributed by atoms with Gasteiger partial charge in [0, 0.05) is 13.0 Å². The summed E-state index contributed by atoms with van der Waals surface area (Å²) < 4.78 is 4.90. The molecule has 0 aromatic carbocycles. The van der Waals surface area contributed by atoms with Crippen LogP contribution in [0.1, 0.15) is 35.5 Å². The Morgan fingerprint density at radius 1 is 1.50 bits per heavy atom. The van der Waals surface area contributed by atoms with Crippen LogP contribution in [0.4, 0.5) is 0 Å². The molecule has 1 amide bonds. The van der Waals surface area contributed by atoms with E-state index in [2.05, 4.69) is 10.3 Å². The van der Waals surface area contributed by atoms with E-state index in [1.165, 1.54) is 6.39 Å². The van der Waals surface area contributed by atoms with Crippen molar-refractivity contribution in [2.75, 3.05) is 6.54 Å². The first kappa shape index (κ1) is 12.2. The van der Waals surface area contributed by atoms with E-state index in [4.69, 9.17) is 9.52 Å². The topological polar surface area (TPSA) is 92.4 Å². The van der Waals surface area contributed by atoms with E-state index < -0.39 is 5.97 Å². The molecule has 0 fully saturated rings. The highest BCUT2D eigenvalue weighted by atomic mass is 16.4. The lowest BCUT2D eigenvalue weighted by Crippen LogP contribution is -2.24. The molecule has 0 atom stereocenters. The molecule has 1 heterocycles. The molecule has 0 aliphatic rings. The smallest absolute Gasteiger partial charge is 0.303 e. The molecular weight excluding hydrogens is 212 g/mol. The first-order chi connectivity index (χ1) is 7.61. The highest BCUT2D eigenvalue weighted by Gasteiger charge is 2.12. The van der Waals surface area contributed by atoms with E-state index in [0.29, 0.717) is 25.1 Å². The molecule has 6 nitrogen and oxygen atoms in total. The van der Waals surface area contributed by atoms with Gasteiger partial charge in [0.1, 0.15) is 0 Å². The van der Waals surface area contributed by atoms with Gasteiger partial charge in [-0.05, 0) is 19.8 Å². The number of carbonyl (C=O) groups is 2. The number of aromatic nitrogens is 1. The number of aliphatic carboxylic acids is 1. The monoisotopic (exact) mass is 226 g/mol. The predicted molar refractivity (Wildman–Crippen MR) is 55.1 cm³/mol. The lowest BCUT2D eigenvalue weighted by Gasteiger charge is -2.02. The van der Waals surface area contributed by atoms with Gasteiger partial charge in [-0.1, -0.05) is 0 Å². The number of unbranched alkanes of at least 4 members (excludes halogenated alkanes) is 1. The molecule has 0 unspecified atom stereocenters. The van der Waals surface area contributed by atoms with Crippen molar-refractivity contribution in [1.82, 2.24) is 10.3 Å². The standard InChI is InChI=1S/C10H14N2O4/c1-7-9(16-6-12-7)10(15)11-5-3-2-4-8(13)14/h6H,2-5H2,1H3,(H,11,15)(H,13,14). The number of nitrogens with zero attached hydrogens (tertiary/aromatic N) is 1. The van der Waals surface area contributed by atoms with Crippen molar-refractivity contribution in [3.05, 3.63) is 17.8 Å². The third-order valence-corrected chi connectivity index (χ3v) is 2.05. The van der Waals surface area contributed by atoms with Crippen LogP contribution >= 0.6 is 0 Å². The summed E-state index contributed by atoms with van der Waals surface area (Å²) in [6, 6.07) is 0. The number of carboxylic acid groups (broad SMARTS) is 1. The van der Waals surface area contributed by atoms with Gasteiger partial charge in [-0.3, -0.25) is 9.59 Å². The van der Waals surface area contributed by atoms with Crippen molar-refractivity contribution in [1.29, 1.82) is 0 Å². The molecule has 1 rings (SSSR count). The maximum Gasteiger partial charge on any atom is 0.303 e. The fraction of sp³-hybridized carbons (Fsp3) is 0.500. The second-order valence-corrected chi connectivity index (χ2v) is 3.37. The van der Waals surface area contributed by atoms with Crippen LogP contribution in [0.5, 0.6) is 0 Å². The zero-order chi connectivity index (χ0) is 12.0. The lowest BCUT2D eigenvalue weighted by molar-refractivity contribution is -0.137. The molecule has 0 saturated heterocycles. The van der Waals surface area contributed by atoms with Crippen molar-refractivity contribution in [2.24, 2.45) is 0 Å². The number of oxazole rings is 1. The number of rotatable bonds is 6. The summed E-state index contributed by atoms with van der Waals surface area (Å²) in [5.74, 6) is -0.930. The largest absolute Gasteiger partial charge is 0.481 e. The van der Waals surface area contributed by atoms with E-state index in [1.807, 2.05) is 0 Å². The number of aryl methyl sites for hydroxylation is 1. The Labute approximate surface area is 92.7 Å². The number of carboxylic acids is 1. The summed E-state index contributed by atoms with van der Waals surface area (Å²) in [7, 11) is 0. The van der Waals surface area contributed by atoms with Crippen molar-refractivity contribution >= 4 is 11.9 Å². The molecule has 0 aliphatic heterocycles. The summed E-state index contributed by atoms with van der Waals surface area (Å²) >= 11 is 0. The summed E-state index contributed by atoms with van der Waals surface area (Å²) in [6.07, 6.45) is 2.52. The number of hydrogen-bond donors (Lipinski definition) is 2. The van der Waals surface area contributed by atoms with Crippen LogP contribution in [0.2, 0.25) is 0 Å². The van der Waals surface area contributed by atoms with Crippen LogP contribution in [0.25, 0.3) is 0 Å². The minimum atomic E-state index is -0.822. The Kier molecular flexibility index (Phi) is 4.50. The first-order valence-electron chi connectivity index (χ1n) is 5.01. The van der Waals surface area contributed by atoms with Crippen LogP contribution in [0.3, 0.4) is 0 Å². The van der Waals surface area contributed by atoms with Crippen LogP contribution < -0.4 is 5.32 Å². The SMILES string of the molecule is Cc1ncoc1C(=O)NCCCCC(=O)O. The van der Waals surface area contributed by atoms with Crippen molar-refractivity contribution < 1.29 is 19.1 Å². The van der Waals surface area contributed by atoms with Crippen LogP contribution in [-0.2, 0) is 4.79 Å². The van der Waals surface area contributed by atoms with Gasteiger partial charge in [-0.25, -0.2) is 4.98 Å². The highest BCUT2D eigenvalue weighted by molar-refractivity contribution is 5.92. The van der Waals surface area contributed by atoms with Gasteiger partial charge in [0.15, 0.2) is 6.39 Å². The quantitative estimate of drug-likeness (QED) is 0.705. The van der Waals surface area contributed by atoms with E-state index in [9.17, 15) is 9.59 Å². The Bertz CT molecular complexity index is 373. The van der Waals surface area contributed by atoms with Gasteiger partial charge >= 0.3 is 5.97 Å². The fourth-order valence-corrected chi connectivity index (χ4v) is 1.20. The number of amides is 1. The van der Waals surface area contributed by atoms with Gasteiger partial charge in [0.05, 0.1) is 5.69 Å². The number of nitrogens with one attached hydrogen (secondary N) is 1. The zero-order valence-electron chi connectivity index (χ0n) is 9.02. The van der Waals surface area contributed by atoms with E-state index in [1.54, 1.807) is 6.92 Å². The van der Waals surface area contributed by atoms with Crippen molar-refractivity contribution in [3.63, 3.8) is 0 Å². The Hall–Kier alpha value is -1.85. The third kappa shape index (κ3) is 3.72. The lowest BCUT2D eigenvalue weighted by atomic mass is 10.2. The van der Waals surface area contributed by atoms with Crippen LogP contribution in [-0.4, -0.2) is 28.5 Å². The molecule has 0 radical (unpaired) electrons. The Morgan fingerprint density at radius 3 is 2.81 bits per heavy atom. The molecule has 88 valence electrons. The van der Waals surface area contributed by atoms with E-state index in [-0.39, 0.29) is 18.1 Å². The average Bonchev–Trinajstić information content (AvgIpc) is 2.63. The summed E-state index contributed by atoms with van der Waals surface area (Å²) in [5, 5.41) is 11.0. The molecule has 6 heteroatoms. The summed E-state index contributed by atoms with van der Waals surface area (Å²) in [4.78, 5) is 25.5. The highest BCUT2D eigenvalue weighted by Crippen LogP contribution is 2.04. The van der Waals surface area contributed by atoms with Gasteiger partial charge < -0.3 is 14.8 Å². The maximum atomic E-state index is 11.5. The maximum absolute atomic E-state index is 11.5. The summed E-state index contributed by atoms with van der Waals surface area (Å²) in [5.41, 5.74) is 0.544. The molecule has 16 heavy (non-hydrogen) atoms. The third-order valence-electron chi connectivity index (χ3n) is 2.05. The first-order valence-corrected chi connectivity index (χ1v) is 5.01. The molecule has 0 saturated carbocycles. The normalized spacial score (nSPS) is 10.1. The average molecular weight is 226 g/mol. The second kappa shape index (κ2) is 5.89. The molecular formula is C10H14N2O4. The minimum absolute atomic E-state index is 0.122. The molecule has 0 bridgehead atoms. The second-order valence-electron chi connectivity index (χ2n) is 3.37. The number of hydrogen-bond acceptors (Lipinski definition) is 4. The van der Waals surface area contributed by atoms with Crippen molar-refractivity contribution in [3.8, 4) is 0 Å². The Balaban J connectivity index is 2.21.